The van der Waals surface area contributed by atoms with Crippen molar-refractivity contribution < 1.29 is 4.79 Å². The Kier molecular flexibility index (Phi) is 3.07. The van der Waals surface area contributed by atoms with Gasteiger partial charge in [-0.3, -0.25) is 4.79 Å². The lowest BCUT2D eigenvalue weighted by Crippen LogP contribution is -2.44. The first-order valence-electron chi connectivity index (χ1n) is 6.78. The molecule has 0 spiro atoms. The highest BCUT2D eigenvalue weighted by molar-refractivity contribution is 5.82. The maximum atomic E-state index is 12.3. The second-order valence-corrected chi connectivity index (χ2v) is 5.45. The molecule has 4 unspecified atom stereocenters. The summed E-state index contributed by atoms with van der Waals surface area (Å²) in [4.78, 5) is 19.5. The molecule has 4 atom stereocenters. The summed E-state index contributed by atoms with van der Waals surface area (Å²) in [5.74, 6) is 2.17. The van der Waals surface area contributed by atoms with Crippen molar-refractivity contribution >= 4 is 5.91 Å². The molecule has 1 saturated carbocycles. The van der Waals surface area contributed by atoms with Crippen molar-refractivity contribution in [1.82, 2.24) is 20.6 Å². The number of aromatic amines is 1. The molecule has 1 aliphatic heterocycles. The van der Waals surface area contributed by atoms with Crippen LogP contribution in [0.4, 0.5) is 0 Å². The molecule has 5 nitrogen and oxygen atoms in total. The molecule has 5 heteroatoms. The highest BCUT2D eigenvalue weighted by Gasteiger charge is 2.42. The van der Waals surface area contributed by atoms with Crippen LogP contribution in [0.3, 0.4) is 0 Å². The Hall–Kier alpha value is -1.36. The topological polar surface area (TPSA) is 69.8 Å². The third-order valence-electron chi connectivity index (χ3n) is 4.32. The molecule has 18 heavy (non-hydrogen) atoms. The fourth-order valence-corrected chi connectivity index (χ4v) is 3.36. The lowest BCUT2D eigenvalue weighted by Gasteiger charge is -2.20. The van der Waals surface area contributed by atoms with Crippen molar-refractivity contribution in [3.05, 3.63) is 18.2 Å². The average Bonchev–Trinajstić information content (AvgIpc) is 3.06. The summed E-state index contributed by atoms with van der Waals surface area (Å²) < 4.78 is 0. The van der Waals surface area contributed by atoms with Crippen LogP contribution in [0.1, 0.15) is 38.1 Å². The van der Waals surface area contributed by atoms with E-state index in [4.69, 9.17) is 0 Å². The molecule has 3 N–H and O–H groups in total. The fraction of sp³-hybridized carbons (Fsp3) is 0.692. The number of nitrogens with zero attached hydrogens (tertiary/aromatic N) is 1. The van der Waals surface area contributed by atoms with Crippen LogP contribution in [0.2, 0.25) is 0 Å². The molecule has 2 aliphatic rings. The molecule has 98 valence electrons. The molecule has 1 aromatic rings. The minimum atomic E-state index is -0.0604. The van der Waals surface area contributed by atoms with Gasteiger partial charge in [-0.2, -0.15) is 0 Å². The molecule has 3 rings (SSSR count). The second-order valence-electron chi connectivity index (χ2n) is 5.45. The van der Waals surface area contributed by atoms with Crippen molar-refractivity contribution in [3.63, 3.8) is 0 Å². The van der Waals surface area contributed by atoms with Gasteiger partial charge in [-0.25, -0.2) is 4.98 Å². The van der Waals surface area contributed by atoms with Crippen LogP contribution in [-0.4, -0.2) is 28.5 Å². The van der Waals surface area contributed by atoms with Crippen molar-refractivity contribution in [2.45, 2.75) is 38.3 Å². The molecular formula is C13H20N4O. The Labute approximate surface area is 107 Å². The zero-order valence-electron chi connectivity index (χ0n) is 10.6. The van der Waals surface area contributed by atoms with E-state index >= 15 is 0 Å². The van der Waals surface area contributed by atoms with Gasteiger partial charge in [0.05, 0.1) is 12.1 Å². The Morgan fingerprint density at radius 1 is 1.56 bits per heavy atom. The Bertz CT molecular complexity index is 417. The minimum Gasteiger partial charge on any atom is -0.347 e. The van der Waals surface area contributed by atoms with E-state index in [0.29, 0.717) is 11.8 Å². The zero-order chi connectivity index (χ0) is 12.5. The van der Waals surface area contributed by atoms with Gasteiger partial charge in [0.1, 0.15) is 5.82 Å². The van der Waals surface area contributed by atoms with Crippen LogP contribution < -0.4 is 10.6 Å². The average molecular weight is 248 g/mol. The lowest BCUT2D eigenvalue weighted by atomic mass is 9.93. The van der Waals surface area contributed by atoms with E-state index in [1.54, 1.807) is 12.4 Å². The SMILES string of the molecule is CC(NC(=O)C1NCC2CCCC21)c1ncc[nH]1. The van der Waals surface area contributed by atoms with E-state index in [1.807, 2.05) is 6.92 Å². The first-order valence-corrected chi connectivity index (χ1v) is 6.78. The van der Waals surface area contributed by atoms with Gasteiger partial charge in [0.15, 0.2) is 0 Å². The van der Waals surface area contributed by atoms with Gasteiger partial charge < -0.3 is 15.6 Å². The molecule has 0 bridgehead atoms. The van der Waals surface area contributed by atoms with Crippen molar-refractivity contribution in [1.29, 1.82) is 0 Å². The summed E-state index contributed by atoms with van der Waals surface area (Å²) in [6, 6.07) is -0.0651. The smallest absolute Gasteiger partial charge is 0.238 e. The largest absolute Gasteiger partial charge is 0.347 e. The van der Waals surface area contributed by atoms with Crippen LogP contribution in [-0.2, 0) is 4.79 Å². The van der Waals surface area contributed by atoms with E-state index in [1.165, 1.54) is 19.3 Å². The fourth-order valence-electron chi connectivity index (χ4n) is 3.36. The van der Waals surface area contributed by atoms with Gasteiger partial charge in [-0.05, 0) is 38.1 Å². The number of fused-ring (bicyclic) bond motifs is 1. The molecular weight excluding hydrogens is 228 g/mol. The van der Waals surface area contributed by atoms with E-state index < -0.39 is 0 Å². The number of imidazole rings is 1. The Morgan fingerprint density at radius 2 is 2.44 bits per heavy atom. The van der Waals surface area contributed by atoms with E-state index in [-0.39, 0.29) is 18.0 Å². The second kappa shape index (κ2) is 4.72. The number of carbonyl (C=O) groups excluding carboxylic acids is 1. The molecule has 0 radical (unpaired) electrons. The molecule has 1 aliphatic carbocycles. The van der Waals surface area contributed by atoms with Crippen molar-refractivity contribution in [3.8, 4) is 0 Å². The predicted molar refractivity (Wildman–Crippen MR) is 67.8 cm³/mol. The zero-order valence-corrected chi connectivity index (χ0v) is 10.6. The van der Waals surface area contributed by atoms with Crippen molar-refractivity contribution in [2.75, 3.05) is 6.54 Å². The quantitative estimate of drug-likeness (QED) is 0.746. The molecule has 2 heterocycles. The lowest BCUT2D eigenvalue weighted by molar-refractivity contribution is -0.124. The minimum absolute atomic E-state index is 0.00471. The summed E-state index contributed by atoms with van der Waals surface area (Å²) in [5.41, 5.74) is 0. The number of hydrogen-bond acceptors (Lipinski definition) is 3. The first-order chi connectivity index (χ1) is 8.75. The third kappa shape index (κ3) is 2.03. The van der Waals surface area contributed by atoms with Gasteiger partial charge in [-0.15, -0.1) is 0 Å². The number of amides is 1. The summed E-state index contributed by atoms with van der Waals surface area (Å²) in [6.07, 6.45) is 7.21. The van der Waals surface area contributed by atoms with E-state index in [9.17, 15) is 4.79 Å². The summed E-state index contributed by atoms with van der Waals surface area (Å²) in [5, 5.41) is 6.41. The Balaban J connectivity index is 1.61. The molecule has 1 saturated heterocycles. The van der Waals surface area contributed by atoms with Crippen LogP contribution in [0.25, 0.3) is 0 Å². The summed E-state index contributed by atoms with van der Waals surface area (Å²) >= 11 is 0. The van der Waals surface area contributed by atoms with Gasteiger partial charge in [-0.1, -0.05) is 6.42 Å². The highest BCUT2D eigenvalue weighted by atomic mass is 16.2. The first kappa shape index (κ1) is 11.7. The molecule has 1 aromatic heterocycles. The standard InChI is InChI=1S/C13H20N4O/c1-8(12-14-5-6-15-12)17-13(18)11-10-4-2-3-9(10)7-16-11/h5-6,8-11,16H,2-4,7H2,1H3,(H,14,15)(H,17,18). The van der Waals surface area contributed by atoms with Crippen LogP contribution >= 0.6 is 0 Å². The monoisotopic (exact) mass is 248 g/mol. The summed E-state index contributed by atoms with van der Waals surface area (Å²) in [7, 11) is 0. The predicted octanol–water partition coefficient (Wildman–Crippen LogP) is 0.975. The highest BCUT2D eigenvalue weighted by Crippen LogP contribution is 2.37. The number of aromatic nitrogens is 2. The van der Waals surface area contributed by atoms with Gasteiger partial charge >= 0.3 is 0 Å². The number of hydrogen-bond donors (Lipinski definition) is 3. The molecule has 1 amide bonds. The molecule has 2 fully saturated rings. The maximum absolute atomic E-state index is 12.3. The number of carbonyl (C=O) groups is 1. The van der Waals surface area contributed by atoms with Gasteiger partial charge in [0.2, 0.25) is 5.91 Å². The maximum Gasteiger partial charge on any atom is 0.238 e. The van der Waals surface area contributed by atoms with E-state index in [0.717, 1.165) is 12.4 Å². The number of rotatable bonds is 3. The van der Waals surface area contributed by atoms with Crippen LogP contribution in [0, 0.1) is 11.8 Å². The van der Waals surface area contributed by atoms with Gasteiger partial charge in [0, 0.05) is 12.4 Å². The third-order valence-corrected chi connectivity index (χ3v) is 4.32. The van der Waals surface area contributed by atoms with Crippen LogP contribution in [0.5, 0.6) is 0 Å². The number of H-pyrrole nitrogens is 1. The van der Waals surface area contributed by atoms with Crippen molar-refractivity contribution in [2.24, 2.45) is 11.8 Å². The summed E-state index contributed by atoms with van der Waals surface area (Å²) in [6.45, 7) is 2.95. The normalized spacial score (nSPS) is 32.2. The molecule has 0 aromatic carbocycles. The number of nitrogens with one attached hydrogen (secondary N) is 3. The van der Waals surface area contributed by atoms with Crippen LogP contribution in [0.15, 0.2) is 12.4 Å². The Morgan fingerprint density at radius 3 is 3.22 bits per heavy atom. The van der Waals surface area contributed by atoms with Gasteiger partial charge in [0.25, 0.3) is 0 Å². The van der Waals surface area contributed by atoms with E-state index in [2.05, 4.69) is 20.6 Å².